The number of hydrogen-bond donors (Lipinski definition) is 2. The summed E-state index contributed by atoms with van der Waals surface area (Å²) in [4.78, 5) is -0.116. The molecule has 0 aromatic heterocycles. The van der Waals surface area contributed by atoms with Gasteiger partial charge < -0.3 is 0 Å². The van der Waals surface area contributed by atoms with Crippen LogP contribution in [-0.4, -0.2) is 35.7 Å². The molecule has 0 aliphatic heterocycles. The van der Waals surface area contributed by atoms with Crippen LogP contribution < -0.4 is 9.44 Å². The van der Waals surface area contributed by atoms with Crippen LogP contribution in [0.15, 0.2) is 29.2 Å². The van der Waals surface area contributed by atoms with Crippen molar-refractivity contribution in [3.05, 3.63) is 30.1 Å². The van der Waals surface area contributed by atoms with Gasteiger partial charge in [0.05, 0.1) is 10.6 Å². The fourth-order valence-corrected chi connectivity index (χ4v) is 3.42. The Morgan fingerprint density at radius 2 is 1.63 bits per heavy atom. The lowest BCUT2D eigenvalue weighted by molar-refractivity contribution is 0.576. The Balaban J connectivity index is 2.64. The number of benzene rings is 1. The molecule has 0 aliphatic rings. The molecule has 0 atom stereocenters. The summed E-state index contributed by atoms with van der Waals surface area (Å²) in [6.07, 6.45) is 0. The predicted molar refractivity (Wildman–Crippen MR) is 69.1 cm³/mol. The Hall–Kier alpha value is -1.03. The predicted octanol–water partition coefficient (Wildman–Crippen LogP) is 0.0433. The second kappa shape index (κ2) is 6.42. The number of hydrogen-bond acceptors (Lipinski definition) is 4. The van der Waals surface area contributed by atoms with Crippen molar-refractivity contribution in [3.8, 4) is 0 Å². The fourth-order valence-electron chi connectivity index (χ4n) is 1.30. The van der Waals surface area contributed by atoms with Crippen LogP contribution in [0.25, 0.3) is 0 Å². The lowest BCUT2D eigenvalue weighted by Crippen LogP contribution is -2.34. The highest BCUT2D eigenvalue weighted by Crippen LogP contribution is 2.09. The highest BCUT2D eigenvalue weighted by Gasteiger charge is 2.15. The quantitative estimate of drug-likeness (QED) is 0.744. The lowest BCUT2D eigenvalue weighted by Gasteiger charge is -2.07. The summed E-state index contributed by atoms with van der Waals surface area (Å²) in [6.45, 7) is 1.61. The smallest absolute Gasteiger partial charge is 0.215 e. The molecule has 0 saturated carbocycles. The summed E-state index contributed by atoms with van der Waals surface area (Å²) in [6, 6.07) is 4.25. The largest absolute Gasteiger partial charge is 0.240 e. The van der Waals surface area contributed by atoms with Crippen LogP contribution in [0.3, 0.4) is 0 Å². The van der Waals surface area contributed by atoms with E-state index in [1.165, 1.54) is 0 Å². The Kier molecular flexibility index (Phi) is 5.41. The van der Waals surface area contributed by atoms with Gasteiger partial charge in [0.1, 0.15) is 5.82 Å². The first kappa shape index (κ1) is 16.0. The van der Waals surface area contributed by atoms with E-state index in [9.17, 15) is 21.2 Å². The van der Waals surface area contributed by atoms with Crippen LogP contribution in [0.1, 0.15) is 6.92 Å². The average molecular weight is 310 g/mol. The van der Waals surface area contributed by atoms with Crippen LogP contribution in [0.2, 0.25) is 0 Å². The second-order valence-electron chi connectivity index (χ2n) is 3.67. The summed E-state index contributed by atoms with van der Waals surface area (Å²) < 4.78 is 63.1. The van der Waals surface area contributed by atoms with Crippen molar-refractivity contribution in [3.63, 3.8) is 0 Å². The first-order valence-electron chi connectivity index (χ1n) is 5.49. The molecule has 0 radical (unpaired) electrons. The molecule has 1 aromatic rings. The molecule has 108 valence electrons. The SMILES string of the molecule is CCNS(=O)(=O)CCNS(=O)(=O)c1ccc(F)cc1. The molecule has 0 bridgehead atoms. The van der Waals surface area contributed by atoms with Crippen LogP contribution in [0, 0.1) is 5.82 Å². The van der Waals surface area contributed by atoms with E-state index in [1.54, 1.807) is 6.92 Å². The van der Waals surface area contributed by atoms with Gasteiger partial charge in [0.15, 0.2) is 0 Å². The maximum absolute atomic E-state index is 12.7. The molecule has 0 amide bonds. The highest BCUT2D eigenvalue weighted by molar-refractivity contribution is 7.90. The Morgan fingerprint density at radius 3 is 2.16 bits per heavy atom. The van der Waals surface area contributed by atoms with Crippen LogP contribution in [0.5, 0.6) is 0 Å². The molecule has 1 aromatic carbocycles. The molecule has 19 heavy (non-hydrogen) atoms. The monoisotopic (exact) mass is 310 g/mol. The molecule has 0 unspecified atom stereocenters. The normalized spacial score (nSPS) is 12.5. The number of sulfonamides is 2. The van der Waals surface area contributed by atoms with E-state index in [0.29, 0.717) is 0 Å². The van der Waals surface area contributed by atoms with Gasteiger partial charge in [-0.2, -0.15) is 0 Å². The number of rotatable bonds is 7. The molecule has 2 N–H and O–H groups in total. The molecule has 0 spiro atoms. The fraction of sp³-hybridized carbons (Fsp3) is 0.400. The minimum Gasteiger partial charge on any atom is -0.215 e. The molecule has 0 saturated heterocycles. The van der Waals surface area contributed by atoms with Crippen LogP contribution in [0.4, 0.5) is 4.39 Å². The van der Waals surface area contributed by atoms with E-state index in [2.05, 4.69) is 9.44 Å². The summed E-state index contributed by atoms with van der Waals surface area (Å²) >= 11 is 0. The highest BCUT2D eigenvalue weighted by atomic mass is 32.2. The van der Waals surface area contributed by atoms with Gasteiger partial charge in [-0.15, -0.1) is 0 Å². The Morgan fingerprint density at radius 1 is 1.05 bits per heavy atom. The first-order chi connectivity index (χ1) is 8.77. The Bertz CT molecular complexity index is 611. The summed E-state index contributed by atoms with van der Waals surface area (Å²) in [5.41, 5.74) is 0. The van der Waals surface area contributed by atoms with Crippen LogP contribution in [-0.2, 0) is 20.0 Å². The van der Waals surface area contributed by atoms with Crippen LogP contribution >= 0.6 is 0 Å². The zero-order valence-electron chi connectivity index (χ0n) is 10.3. The topological polar surface area (TPSA) is 92.3 Å². The number of halogens is 1. The summed E-state index contributed by atoms with van der Waals surface area (Å²) in [5.74, 6) is -0.907. The van der Waals surface area contributed by atoms with Gasteiger partial charge in [0, 0.05) is 13.1 Å². The van der Waals surface area contributed by atoms with Gasteiger partial charge in [-0.1, -0.05) is 6.92 Å². The third kappa shape index (κ3) is 5.23. The van der Waals surface area contributed by atoms with E-state index < -0.39 is 25.9 Å². The van der Waals surface area contributed by atoms with Gasteiger partial charge in [0.25, 0.3) is 0 Å². The zero-order valence-corrected chi connectivity index (χ0v) is 11.9. The van der Waals surface area contributed by atoms with Crippen molar-refractivity contribution in [2.75, 3.05) is 18.8 Å². The maximum atomic E-state index is 12.7. The van der Waals surface area contributed by atoms with Gasteiger partial charge in [-0.25, -0.2) is 30.7 Å². The standard InChI is InChI=1S/C10H15FN2O4S2/c1-2-12-18(14,15)8-7-13-19(16,17)10-5-3-9(11)4-6-10/h3-6,12-13H,2,7-8H2,1H3. The van der Waals surface area contributed by atoms with E-state index >= 15 is 0 Å². The molecule has 1 rings (SSSR count). The zero-order chi connectivity index (χ0) is 14.5. The molecule has 9 heteroatoms. The van der Waals surface area contributed by atoms with Gasteiger partial charge in [-0.05, 0) is 24.3 Å². The van der Waals surface area contributed by atoms with E-state index in [-0.39, 0.29) is 23.7 Å². The second-order valence-corrected chi connectivity index (χ2v) is 7.36. The molecule has 0 heterocycles. The van der Waals surface area contributed by atoms with E-state index in [1.807, 2.05) is 0 Å². The van der Waals surface area contributed by atoms with Crippen molar-refractivity contribution in [2.24, 2.45) is 0 Å². The third-order valence-electron chi connectivity index (χ3n) is 2.15. The minimum atomic E-state index is -3.82. The van der Waals surface area contributed by atoms with Gasteiger partial charge >= 0.3 is 0 Å². The summed E-state index contributed by atoms with van der Waals surface area (Å²) in [5, 5.41) is 0. The first-order valence-corrected chi connectivity index (χ1v) is 8.63. The molecule has 0 aliphatic carbocycles. The maximum Gasteiger partial charge on any atom is 0.240 e. The average Bonchev–Trinajstić information content (AvgIpc) is 2.28. The molecular formula is C10H15FN2O4S2. The van der Waals surface area contributed by atoms with Crippen molar-refractivity contribution in [1.82, 2.24) is 9.44 Å². The molecule has 6 nitrogen and oxygen atoms in total. The van der Waals surface area contributed by atoms with E-state index in [0.717, 1.165) is 24.3 Å². The van der Waals surface area contributed by atoms with Crippen molar-refractivity contribution in [1.29, 1.82) is 0 Å². The third-order valence-corrected chi connectivity index (χ3v) is 5.10. The molecule has 0 fully saturated rings. The van der Waals surface area contributed by atoms with Crippen molar-refractivity contribution < 1.29 is 21.2 Å². The number of nitrogens with one attached hydrogen (secondary N) is 2. The lowest BCUT2D eigenvalue weighted by atomic mass is 10.4. The molecular weight excluding hydrogens is 295 g/mol. The Labute approximate surface area is 112 Å². The van der Waals surface area contributed by atoms with Crippen molar-refractivity contribution in [2.45, 2.75) is 11.8 Å². The van der Waals surface area contributed by atoms with Crippen molar-refractivity contribution >= 4 is 20.0 Å². The van der Waals surface area contributed by atoms with E-state index in [4.69, 9.17) is 0 Å². The van der Waals surface area contributed by atoms with Gasteiger partial charge in [0.2, 0.25) is 20.0 Å². The summed E-state index contributed by atoms with van der Waals surface area (Å²) in [7, 11) is -7.30. The minimum absolute atomic E-state index is 0.116. The van der Waals surface area contributed by atoms with Gasteiger partial charge in [-0.3, -0.25) is 0 Å².